The SMILES string of the molecule is Cc1ccc(C(=O)N2CCCN(C(=O)[C@@H](C)N3CCc4sccc4[C@@H]3c3ccccc3C)CC2)cc1. The van der Waals surface area contributed by atoms with Gasteiger partial charge in [-0.05, 0) is 73.9 Å². The molecule has 1 aromatic heterocycles. The molecule has 2 aliphatic heterocycles. The van der Waals surface area contributed by atoms with Crippen molar-refractivity contribution in [2.75, 3.05) is 32.7 Å². The highest BCUT2D eigenvalue weighted by atomic mass is 32.1. The van der Waals surface area contributed by atoms with Gasteiger partial charge in [0.2, 0.25) is 5.91 Å². The molecular formula is C30H35N3O2S. The maximum atomic E-state index is 13.8. The first kappa shape index (κ1) is 24.7. The quantitative estimate of drug-likeness (QED) is 0.501. The van der Waals surface area contributed by atoms with Gasteiger partial charge in [0.25, 0.3) is 5.91 Å². The standard InChI is InChI=1S/C30H35N3O2S/c1-21-9-11-24(12-10-21)30(35)32-16-6-15-31(18-19-32)29(34)23(3)33-17-13-27-26(14-20-36-27)28(33)25-8-5-4-7-22(25)2/h4-5,7-12,14,20,23,28H,6,13,15-19H2,1-3H3/t23-,28+/m1/s1. The number of hydrogen-bond donors (Lipinski definition) is 0. The van der Waals surface area contributed by atoms with Crippen molar-refractivity contribution in [2.24, 2.45) is 0 Å². The van der Waals surface area contributed by atoms with Crippen LogP contribution in [0.1, 0.15) is 56.9 Å². The van der Waals surface area contributed by atoms with Gasteiger partial charge < -0.3 is 9.80 Å². The highest BCUT2D eigenvalue weighted by Crippen LogP contribution is 2.40. The van der Waals surface area contributed by atoms with Gasteiger partial charge in [-0.1, -0.05) is 42.0 Å². The fraction of sp³-hybridized carbons (Fsp3) is 0.400. The van der Waals surface area contributed by atoms with Crippen molar-refractivity contribution >= 4 is 23.2 Å². The predicted octanol–water partition coefficient (Wildman–Crippen LogP) is 5.08. The maximum absolute atomic E-state index is 13.8. The summed E-state index contributed by atoms with van der Waals surface area (Å²) in [5.74, 6) is 0.217. The van der Waals surface area contributed by atoms with E-state index >= 15 is 0 Å². The molecule has 5 rings (SSSR count). The molecule has 0 unspecified atom stereocenters. The van der Waals surface area contributed by atoms with Gasteiger partial charge in [0.05, 0.1) is 12.1 Å². The minimum atomic E-state index is -0.234. The monoisotopic (exact) mass is 501 g/mol. The summed E-state index contributed by atoms with van der Waals surface area (Å²) in [7, 11) is 0. The largest absolute Gasteiger partial charge is 0.340 e. The first-order chi connectivity index (χ1) is 17.4. The van der Waals surface area contributed by atoms with Crippen LogP contribution in [0.3, 0.4) is 0 Å². The van der Waals surface area contributed by atoms with Crippen LogP contribution in [-0.2, 0) is 11.2 Å². The van der Waals surface area contributed by atoms with E-state index < -0.39 is 0 Å². The fourth-order valence-electron chi connectivity index (χ4n) is 5.62. The Balaban J connectivity index is 1.32. The van der Waals surface area contributed by atoms with Crippen molar-refractivity contribution in [1.29, 1.82) is 0 Å². The number of benzene rings is 2. The van der Waals surface area contributed by atoms with E-state index in [-0.39, 0.29) is 23.9 Å². The van der Waals surface area contributed by atoms with Crippen molar-refractivity contribution < 1.29 is 9.59 Å². The Bertz CT molecular complexity index is 1240. The summed E-state index contributed by atoms with van der Waals surface area (Å²) in [5, 5.41) is 2.18. The summed E-state index contributed by atoms with van der Waals surface area (Å²) < 4.78 is 0. The summed E-state index contributed by atoms with van der Waals surface area (Å²) >= 11 is 1.82. The van der Waals surface area contributed by atoms with Crippen molar-refractivity contribution in [3.05, 3.63) is 92.7 Å². The number of aryl methyl sites for hydroxylation is 2. The number of thiophene rings is 1. The van der Waals surface area contributed by atoms with Crippen molar-refractivity contribution in [3.8, 4) is 0 Å². The summed E-state index contributed by atoms with van der Waals surface area (Å²) in [6.45, 7) is 9.63. The molecule has 188 valence electrons. The Morgan fingerprint density at radius 1 is 0.861 bits per heavy atom. The molecule has 2 atom stereocenters. The number of carbonyl (C=O) groups is 2. The third-order valence-electron chi connectivity index (χ3n) is 7.73. The Morgan fingerprint density at radius 2 is 1.58 bits per heavy atom. The number of rotatable bonds is 4. The molecule has 2 amide bonds. The Labute approximate surface area is 218 Å². The van der Waals surface area contributed by atoms with E-state index in [1.807, 2.05) is 52.3 Å². The van der Waals surface area contributed by atoms with E-state index in [0.29, 0.717) is 26.2 Å². The Morgan fingerprint density at radius 3 is 2.36 bits per heavy atom. The van der Waals surface area contributed by atoms with Crippen LogP contribution in [0.4, 0.5) is 0 Å². The van der Waals surface area contributed by atoms with E-state index in [9.17, 15) is 9.59 Å². The van der Waals surface area contributed by atoms with Gasteiger partial charge in [0, 0.05) is 43.2 Å². The van der Waals surface area contributed by atoms with Gasteiger partial charge >= 0.3 is 0 Å². The van der Waals surface area contributed by atoms with Crippen molar-refractivity contribution in [1.82, 2.24) is 14.7 Å². The minimum Gasteiger partial charge on any atom is -0.340 e. The van der Waals surface area contributed by atoms with Crippen LogP contribution in [0.5, 0.6) is 0 Å². The lowest BCUT2D eigenvalue weighted by Crippen LogP contribution is -2.51. The van der Waals surface area contributed by atoms with Crippen molar-refractivity contribution in [3.63, 3.8) is 0 Å². The topological polar surface area (TPSA) is 43.9 Å². The molecule has 0 N–H and O–H groups in total. The second kappa shape index (κ2) is 10.6. The Kier molecular flexibility index (Phi) is 7.26. The zero-order valence-electron chi connectivity index (χ0n) is 21.4. The van der Waals surface area contributed by atoms with E-state index in [1.54, 1.807) is 0 Å². The lowest BCUT2D eigenvalue weighted by Gasteiger charge is -2.41. The van der Waals surface area contributed by atoms with Crippen molar-refractivity contribution in [2.45, 2.75) is 45.7 Å². The van der Waals surface area contributed by atoms with Gasteiger partial charge in [-0.15, -0.1) is 11.3 Å². The second-order valence-electron chi connectivity index (χ2n) is 10.1. The highest BCUT2D eigenvalue weighted by molar-refractivity contribution is 7.10. The molecule has 0 spiro atoms. The smallest absolute Gasteiger partial charge is 0.253 e. The molecule has 5 nitrogen and oxygen atoms in total. The summed E-state index contributed by atoms with van der Waals surface area (Å²) in [6, 6.07) is 18.4. The zero-order chi connectivity index (χ0) is 25.2. The van der Waals surface area contributed by atoms with Gasteiger partial charge in [-0.25, -0.2) is 0 Å². The molecule has 3 aromatic rings. The number of hydrogen-bond acceptors (Lipinski definition) is 4. The third-order valence-corrected chi connectivity index (χ3v) is 8.73. The molecule has 2 aliphatic rings. The van der Waals surface area contributed by atoms with Gasteiger partial charge in [-0.3, -0.25) is 14.5 Å². The lowest BCUT2D eigenvalue weighted by atomic mass is 9.89. The van der Waals surface area contributed by atoms with E-state index in [0.717, 1.165) is 30.5 Å². The molecular weight excluding hydrogens is 466 g/mol. The van der Waals surface area contributed by atoms with Crippen LogP contribution in [-0.4, -0.2) is 65.3 Å². The van der Waals surface area contributed by atoms with Crippen LogP contribution in [0, 0.1) is 13.8 Å². The first-order valence-electron chi connectivity index (χ1n) is 13.0. The predicted molar refractivity (Wildman–Crippen MR) is 145 cm³/mol. The van der Waals surface area contributed by atoms with Gasteiger partial charge in [0.1, 0.15) is 0 Å². The molecule has 3 heterocycles. The molecule has 1 saturated heterocycles. The average Bonchev–Trinajstić information content (AvgIpc) is 3.24. The molecule has 0 aliphatic carbocycles. The number of fused-ring (bicyclic) bond motifs is 1. The number of carbonyl (C=O) groups excluding carboxylic acids is 2. The van der Waals surface area contributed by atoms with Crippen LogP contribution in [0.25, 0.3) is 0 Å². The van der Waals surface area contributed by atoms with Gasteiger partial charge in [0.15, 0.2) is 0 Å². The van der Waals surface area contributed by atoms with E-state index in [4.69, 9.17) is 0 Å². The zero-order valence-corrected chi connectivity index (χ0v) is 22.3. The molecule has 0 saturated carbocycles. The summed E-state index contributed by atoms with van der Waals surface area (Å²) in [6.07, 6.45) is 1.78. The highest BCUT2D eigenvalue weighted by Gasteiger charge is 2.37. The summed E-state index contributed by atoms with van der Waals surface area (Å²) in [4.78, 5) is 34.6. The second-order valence-corrected chi connectivity index (χ2v) is 11.1. The van der Waals surface area contributed by atoms with Crippen LogP contribution in [0.15, 0.2) is 60.0 Å². The van der Waals surface area contributed by atoms with Gasteiger partial charge in [-0.2, -0.15) is 0 Å². The van der Waals surface area contributed by atoms with Crippen LogP contribution >= 0.6 is 11.3 Å². The molecule has 36 heavy (non-hydrogen) atoms. The fourth-order valence-corrected chi connectivity index (χ4v) is 6.52. The minimum absolute atomic E-state index is 0.0537. The van der Waals surface area contributed by atoms with E-state index in [1.165, 1.54) is 21.6 Å². The molecule has 0 bridgehead atoms. The first-order valence-corrected chi connectivity index (χ1v) is 13.8. The number of nitrogens with zero attached hydrogens (tertiary/aromatic N) is 3. The third kappa shape index (κ3) is 4.84. The molecule has 2 aromatic carbocycles. The molecule has 6 heteroatoms. The number of amides is 2. The summed E-state index contributed by atoms with van der Waals surface area (Å²) in [5.41, 5.74) is 5.73. The van der Waals surface area contributed by atoms with Crippen LogP contribution < -0.4 is 0 Å². The van der Waals surface area contributed by atoms with E-state index in [2.05, 4.69) is 54.5 Å². The average molecular weight is 502 g/mol. The lowest BCUT2D eigenvalue weighted by molar-refractivity contribution is -0.137. The van der Waals surface area contributed by atoms with Crippen LogP contribution in [0.2, 0.25) is 0 Å². The maximum Gasteiger partial charge on any atom is 0.253 e. The normalized spacial score (nSPS) is 19.5. The molecule has 0 radical (unpaired) electrons. The molecule has 1 fully saturated rings. The Hall–Kier alpha value is -2.96.